The zero-order valence-corrected chi connectivity index (χ0v) is 10.6. The van der Waals surface area contributed by atoms with Gasteiger partial charge in [0.2, 0.25) is 5.95 Å². The number of rotatable bonds is 6. The molecule has 0 fully saturated rings. The van der Waals surface area contributed by atoms with Gasteiger partial charge in [0.15, 0.2) is 5.65 Å². The van der Waals surface area contributed by atoms with E-state index >= 15 is 0 Å². The molecule has 0 radical (unpaired) electrons. The Balaban J connectivity index is 1.98. The van der Waals surface area contributed by atoms with Crippen LogP contribution < -0.4 is 11.1 Å². The second kappa shape index (κ2) is 6.09. The Morgan fingerprint density at radius 3 is 2.89 bits per heavy atom. The van der Waals surface area contributed by atoms with E-state index in [1.807, 2.05) is 0 Å². The minimum Gasteiger partial charge on any atom is -0.383 e. The molecule has 0 saturated carbocycles. The van der Waals surface area contributed by atoms with Crippen LogP contribution in [0.4, 0.5) is 11.8 Å². The van der Waals surface area contributed by atoms with E-state index in [1.54, 1.807) is 6.20 Å². The summed E-state index contributed by atoms with van der Waals surface area (Å²) >= 11 is 0. The summed E-state index contributed by atoms with van der Waals surface area (Å²) in [6.07, 6.45) is 7.93. The van der Waals surface area contributed by atoms with E-state index in [4.69, 9.17) is 5.73 Å². The Hall–Kier alpha value is -1.98. The summed E-state index contributed by atoms with van der Waals surface area (Å²) < 4.78 is 0. The highest BCUT2D eigenvalue weighted by atomic mass is 15.1. The number of unbranched alkanes of at least 4 members (excludes halogenated alkanes) is 3. The molecule has 0 unspecified atom stereocenters. The lowest BCUT2D eigenvalue weighted by Crippen LogP contribution is -2.06. The third-order valence-electron chi connectivity index (χ3n) is 2.73. The summed E-state index contributed by atoms with van der Waals surface area (Å²) in [5, 5.41) is 3.88. The predicted molar refractivity (Wildman–Crippen MR) is 72.2 cm³/mol. The highest BCUT2D eigenvalue weighted by Crippen LogP contribution is 2.14. The fourth-order valence-corrected chi connectivity index (χ4v) is 1.70. The number of nitrogens with zero attached hydrogens (tertiary/aromatic N) is 4. The third kappa shape index (κ3) is 3.03. The van der Waals surface area contributed by atoms with Crippen molar-refractivity contribution in [2.75, 3.05) is 17.6 Å². The van der Waals surface area contributed by atoms with Gasteiger partial charge in [-0.1, -0.05) is 26.2 Å². The second-order valence-electron chi connectivity index (χ2n) is 4.18. The maximum absolute atomic E-state index is 5.71. The van der Waals surface area contributed by atoms with Crippen LogP contribution in [0.3, 0.4) is 0 Å². The molecule has 3 N–H and O–H groups in total. The SMILES string of the molecule is CCCCCCNc1ncc2c(N)ncnc2n1. The maximum atomic E-state index is 5.71. The molecule has 0 saturated heterocycles. The van der Waals surface area contributed by atoms with E-state index in [1.165, 1.54) is 25.6 Å². The number of hydrogen-bond donors (Lipinski definition) is 2. The number of anilines is 2. The van der Waals surface area contributed by atoms with Gasteiger partial charge in [0.25, 0.3) is 0 Å². The van der Waals surface area contributed by atoms with Crippen LogP contribution in [-0.2, 0) is 0 Å². The van der Waals surface area contributed by atoms with Gasteiger partial charge >= 0.3 is 0 Å². The Bertz CT molecular complexity index is 513. The van der Waals surface area contributed by atoms with Crippen LogP contribution >= 0.6 is 0 Å². The molecule has 0 amide bonds. The van der Waals surface area contributed by atoms with Crippen molar-refractivity contribution in [3.8, 4) is 0 Å². The Labute approximate surface area is 106 Å². The van der Waals surface area contributed by atoms with E-state index < -0.39 is 0 Å². The Morgan fingerprint density at radius 2 is 2.06 bits per heavy atom. The van der Waals surface area contributed by atoms with Crippen LogP contribution in [0, 0.1) is 0 Å². The van der Waals surface area contributed by atoms with Gasteiger partial charge in [-0.15, -0.1) is 0 Å². The van der Waals surface area contributed by atoms with Gasteiger partial charge in [-0.25, -0.2) is 15.0 Å². The molecule has 0 atom stereocenters. The molecule has 2 rings (SSSR count). The molecular formula is C12H18N6. The van der Waals surface area contributed by atoms with Crippen molar-refractivity contribution in [1.82, 2.24) is 19.9 Å². The van der Waals surface area contributed by atoms with Gasteiger partial charge in [0, 0.05) is 12.7 Å². The summed E-state index contributed by atoms with van der Waals surface area (Å²) in [6.45, 7) is 3.08. The van der Waals surface area contributed by atoms with Crippen LogP contribution in [0.25, 0.3) is 11.0 Å². The average Bonchev–Trinajstić information content (AvgIpc) is 2.39. The van der Waals surface area contributed by atoms with Crippen molar-refractivity contribution in [2.24, 2.45) is 0 Å². The number of aromatic nitrogens is 4. The number of nitrogen functional groups attached to an aromatic ring is 1. The highest BCUT2D eigenvalue weighted by molar-refractivity contribution is 5.84. The topological polar surface area (TPSA) is 89.6 Å². The maximum Gasteiger partial charge on any atom is 0.224 e. The third-order valence-corrected chi connectivity index (χ3v) is 2.73. The van der Waals surface area contributed by atoms with Gasteiger partial charge in [0.1, 0.15) is 12.1 Å². The summed E-state index contributed by atoms with van der Waals surface area (Å²) in [6, 6.07) is 0. The minimum atomic E-state index is 0.412. The molecule has 6 heteroatoms. The smallest absolute Gasteiger partial charge is 0.224 e. The van der Waals surface area contributed by atoms with Crippen molar-refractivity contribution in [3.05, 3.63) is 12.5 Å². The summed E-state index contributed by atoms with van der Waals surface area (Å²) in [4.78, 5) is 16.5. The fourth-order valence-electron chi connectivity index (χ4n) is 1.70. The molecule has 0 aliphatic rings. The van der Waals surface area contributed by atoms with Crippen molar-refractivity contribution < 1.29 is 0 Å². The quantitative estimate of drug-likeness (QED) is 0.758. The zero-order chi connectivity index (χ0) is 12.8. The molecule has 2 aromatic heterocycles. The number of fused-ring (bicyclic) bond motifs is 1. The lowest BCUT2D eigenvalue weighted by atomic mass is 10.2. The summed E-state index contributed by atoms with van der Waals surface area (Å²) in [5.74, 6) is 1.01. The van der Waals surface area contributed by atoms with Crippen LogP contribution in [0.15, 0.2) is 12.5 Å². The molecular weight excluding hydrogens is 228 g/mol. The van der Waals surface area contributed by atoms with Gasteiger partial charge in [-0.3, -0.25) is 0 Å². The molecule has 0 bridgehead atoms. The largest absolute Gasteiger partial charge is 0.383 e. The zero-order valence-electron chi connectivity index (χ0n) is 10.6. The van der Waals surface area contributed by atoms with E-state index in [-0.39, 0.29) is 0 Å². The van der Waals surface area contributed by atoms with Crippen molar-refractivity contribution in [3.63, 3.8) is 0 Å². The molecule has 96 valence electrons. The summed E-state index contributed by atoms with van der Waals surface area (Å²) in [5.41, 5.74) is 6.29. The lowest BCUT2D eigenvalue weighted by molar-refractivity contribution is 0.683. The molecule has 0 spiro atoms. The normalized spacial score (nSPS) is 10.7. The first-order valence-corrected chi connectivity index (χ1v) is 6.28. The van der Waals surface area contributed by atoms with Crippen LogP contribution in [0.5, 0.6) is 0 Å². The summed E-state index contributed by atoms with van der Waals surface area (Å²) in [7, 11) is 0. The molecule has 18 heavy (non-hydrogen) atoms. The predicted octanol–water partition coefficient (Wildman–Crippen LogP) is 1.99. The Kier molecular flexibility index (Phi) is 4.22. The molecule has 0 aliphatic carbocycles. The Morgan fingerprint density at radius 1 is 1.17 bits per heavy atom. The number of hydrogen-bond acceptors (Lipinski definition) is 6. The van der Waals surface area contributed by atoms with Crippen molar-refractivity contribution >= 4 is 22.8 Å². The first kappa shape index (κ1) is 12.5. The fraction of sp³-hybridized carbons (Fsp3) is 0.500. The second-order valence-corrected chi connectivity index (χ2v) is 4.18. The van der Waals surface area contributed by atoms with Gasteiger partial charge in [0.05, 0.1) is 5.39 Å². The van der Waals surface area contributed by atoms with Gasteiger partial charge in [-0.2, -0.15) is 4.98 Å². The molecule has 0 aliphatic heterocycles. The van der Waals surface area contributed by atoms with Crippen LogP contribution in [0.1, 0.15) is 32.6 Å². The number of nitrogens with one attached hydrogen (secondary N) is 1. The first-order valence-electron chi connectivity index (χ1n) is 6.28. The molecule has 6 nitrogen and oxygen atoms in total. The lowest BCUT2D eigenvalue weighted by Gasteiger charge is -2.05. The van der Waals surface area contributed by atoms with E-state index in [9.17, 15) is 0 Å². The van der Waals surface area contributed by atoms with E-state index in [0.29, 0.717) is 22.8 Å². The average molecular weight is 246 g/mol. The van der Waals surface area contributed by atoms with Crippen LogP contribution in [-0.4, -0.2) is 26.5 Å². The molecule has 2 heterocycles. The van der Waals surface area contributed by atoms with E-state index in [0.717, 1.165) is 13.0 Å². The number of nitrogens with two attached hydrogens (primary N) is 1. The standard InChI is InChI=1S/C12H18N6/c1-2-3-4-5-6-14-12-15-7-9-10(13)16-8-17-11(9)18-12/h7-8H,2-6H2,1H3,(H3,13,14,15,16,17,18). The van der Waals surface area contributed by atoms with Crippen LogP contribution in [0.2, 0.25) is 0 Å². The van der Waals surface area contributed by atoms with Crippen molar-refractivity contribution in [1.29, 1.82) is 0 Å². The first-order chi connectivity index (χ1) is 8.81. The monoisotopic (exact) mass is 246 g/mol. The van der Waals surface area contributed by atoms with Gasteiger partial charge in [-0.05, 0) is 6.42 Å². The van der Waals surface area contributed by atoms with Gasteiger partial charge < -0.3 is 11.1 Å². The van der Waals surface area contributed by atoms with Crippen molar-refractivity contribution in [2.45, 2.75) is 32.6 Å². The molecule has 0 aromatic carbocycles. The van der Waals surface area contributed by atoms with E-state index in [2.05, 4.69) is 32.2 Å². The highest BCUT2D eigenvalue weighted by Gasteiger charge is 2.03. The molecule has 2 aromatic rings. The minimum absolute atomic E-state index is 0.412.